The quantitative estimate of drug-likeness (QED) is 0.720. The normalized spacial score (nSPS) is 15.1. The van der Waals surface area contributed by atoms with Crippen molar-refractivity contribution in [1.29, 1.82) is 0 Å². The highest BCUT2D eigenvalue weighted by Gasteiger charge is 2.31. The van der Waals surface area contributed by atoms with Gasteiger partial charge in [-0.15, -0.1) is 0 Å². The second kappa shape index (κ2) is 3.99. The van der Waals surface area contributed by atoms with E-state index in [0.717, 1.165) is 24.8 Å². The Labute approximate surface area is 101 Å². The maximum atomic E-state index is 12.3. The molecule has 2 aromatic rings. The SMILES string of the molecule is CCc1cccc2cccc(C(=O)C3CC3)c12. The molecular weight excluding hydrogens is 208 g/mol. The van der Waals surface area contributed by atoms with Gasteiger partial charge in [0.15, 0.2) is 5.78 Å². The summed E-state index contributed by atoms with van der Waals surface area (Å²) in [7, 11) is 0. The standard InChI is InChI=1S/C16H16O/c1-2-11-5-3-6-12-7-4-8-14(15(11)12)16(17)13-9-10-13/h3-8,13H,2,9-10H2,1H3. The first kappa shape index (κ1) is 10.5. The minimum atomic E-state index is 0.297. The van der Waals surface area contributed by atoms with Crippen LogP contribution >= 0.6 is 0 Å². The van der Waals surface area contributed by atoms with Crippen molar-refractivity contribution in [2.24, 2.45) is 5.92 Å². The van der Waals surface area contributed by atoms with E-state index in [0.29, 0.717) is 11.7 Å². The third kappa shape index (κ3) is 1.76. The van der Waals surface area contributed by atoms with Crippen molar-refractivity contribution < 1.29 is 4.79 Å². The summed E-state index contributed by atoms with van der Waals surface area (Å²) in [5.41, 5.74) is 2.22. The fraction of sp³-hybridized carbons (Fsp3) is 0.312. The first-order valence-electron chi connectivity index (χ1n) is 6.36. The van der Waals surface area contributed by atoms with Gasteiger partial charge < -0.3 is 0 Å². The molecule has 0 amide bonds. The number of benzene rings is 2. The number of carbonyl (C=O) groups excluding carboxylic acids is 1. The summed E-state index contributed by atoms with van der Waals surface area (Å²) in [5.74, 6) is 0.641. The Morgan fingerprint density at radius 1 is 1.18 bits per heavy atom. The van der Waals surface area contributed by atoms with Gasteiger partial charge in [0.25, 0.3) is 0 Å². The lowest BCUT2D eigenvalue weighted by Gasteiger charge is -2.09. The van der Waals surface area contributed by atoms with Crippen molar-refractivity contribution in [2.75, 3.05) is 0 Å². The van der Waals surface area contributed by atoms with E-state index in [1.165, 1.54) is 16.3 Å². The molecule has 1 saturated carbocycles. The van der Waals surface area contributed by atoms with Gasteiger partial charge in [-0.3, -0.25) is 4.79 Å². The van der Waals surface area contributed by atoms with Gasteiger partial charge in [0.2, 0.25) is 0 Å². The maximum Gasteiger partial charge on any atom is 0.166 e. The lowest BCUT2D eigenvalue weighted by Crippen LogP contribution is -2.03. The Morgan fingerprint density at radius 3 is 2.53 bits per heavy atom. The summed E-state index contributed by atoms with van der Waals surface area (Å²) < 4.78 is 0. The molecule has 2 aromatic carbocycles. The molecule has 0 radical (unpaired) electrons. The van der Waals surface area contributed by atoms with Crippen LogP contribution in [0.1, 0.15) is 35.7 Å². The Bertz CT molecular complexity index is 574. The molecule has 86 valence electrons. The van der Waals surface area contributed by atoms with Gasteiger partial charge in [-0.2, -0.15) is 0 Å². The molecule has 0 aromatic heterocycles. The second-order valence-electron chi connectivity index (χ2n) is 4.81. The van der Waals surface area contributed by atoms with E-state index in [9.17, 15) is 4.79 Å². The van der Waals surface area contributed by atoms with E-state index in [4.69, 9.17) is 0 Å². The van der Waals surface area contributed by atoms with Crippen molar-refractivity contribution in [3.05, 3.63) is 47.5 Å². The molecule has 3 rings (SSSR count). The average molecular weight is 224 g/mol. The van der Waals surface area contributed by atoms with E-state index in [2.05, 4.69) is 31.2 Å². The fourth-order valence-corrected chi connectivity index (χ4v) is 2.48. The molecule has 0 saturated heterocycles. The molecule has 1 heteroatoms. The first-order valence-corrected chi connectivity index (χ1v) is 6.36. The van der Waals surface area contributed by atoms with Crippen LogP contribution in [0, 0.1) is 5.92 Å². The molecule has 0 unspecified atom stereocenters. The zero-order chi connectivity index (χ0) is 11.8. The Morgan fingerprint density at radius 2 is 1.88 bits per heavy atom. The van der Waals surface area contributed by atoms with Gasteiger partial charge in [-0.05, 0) is 35.6 Å². The van der Waals surface area contributed by atoms with E-state index in [1.54, 1.807) is 0 Å². The van der Waals surface area contributed by atoms with E-state index >= 15 is 0 Å². The van der Waals surface area contributed by atoms with Crippen LogP contribution < -0.4 is 0 Å². The minimum absolute atomic E-state index is 0.297. The lowest BCUT2D eigenvalue weighted by molar-refractivity contribution is 0.0969. The molecule has 0 N–H and O–H groups in total. The molecule has 1 nitrogen and oxygen atoms in total. The summed E-state index contributed by atoms with van der Waals surface area (Å²) in [5, 5.41) is 2.37. The summed E-state index contributed by atoms with van der Waals surface area (Å²) in [6.45, 7) is 2.15. The van der Waals surface area contributed by atoms with E-state index < -0.39 is 0 Å². The van der Waals surface area contributed by atoms with Crippen LogP contribution in [0.4, 0.5) is 0 Å². The number of aryl methyl sites for hydroxylation is 1. The van der Waals surface area contributed by atoms with Gasteiger partial charge >= 0.3 is 0 Å². The highest BCUT2D eigenvalue weighted by molar-refractivity contribution is 6.10. The van der Waals surface area contributed by atoms with Crippen LogP contribution in [0.5, 0.6) is 0 Å². The zero-order valence-corrected chi connectivity index (χ0v) is 10.1. The molecule has 0 heterocycles. The van der Waals surface area contributed by atoms with Crippen molar-refractivity contribution in [1.82, 2.24) is 0 Å². The molecule has 0 spiro atoms. The highest BCUT2D eigenvalue weighted by Crippen LogP contribution is 2.35. The highest BCUT2D eigenvalue weighted by atomic mass is 16.1. The summed E-state index contributed by atoms with van der Waals surface area (Å²) >= 11 is 0. The zero-order valence-electron chi connectivity index (χ0n) is 10.1. The number of ketones is 1. The van der Waals surface area contributed by atoms with Crippen LogP contribution in [-0.2, 0) is 6.42 Å². The van der Waals surface area contributed by atoms with Crippen LogP contribution in [-0.4, -0.2) is 5.78 Å². The number of carbonyl (C=O) groups is 1. The van der Waals surface area contributed by atoms with Gasteiger partial charge in [-0.25, -0.2) is 0 Å². The molecule has 17 heavy (non-hydrogen) atoms. The van der Waals surface area contributed by atoms with Crippen molar-refractivity contribution >= 4 is 16.6 Å². The van der Waals surface area contributed by atoms with Crippen molar-refractivity contribution in [2.45, 2.75) is 26.2 Å². The third-order valence-corrected chi connectivity index (χ3v) is 3.59. The molecule has 1 aliphatic carbocycles. The molecule has 0 atom stereocenters. The number of fused-ring (bicyclic) bond motifs is 1. The van der Waals surface area contributed by atoms with Gasteiger partial charge in [0.05, 0.1) is 0 Å². The van der Waals surface area contributed by atoms with Gasteiger partial charge in [0, 0.05) is 11.5 Å². The topological polar surface area (TPSA) is 17.1 Å². The van der Waals surface area contributed by atoms with Crippen molar-refractivity contribution in [3.8, 4) is 0 Å². The average Bonchev–Trinajstić information content (AvgIpc) is 3.20. The fourth-order valence-electron chi connectivity index (χ4n) is 2.48. The van der Waals surface area contributed by atoms with Crippen LogP contribution in [0.25, 0.3) is 10.8 Å². The minimum Gasteiger partial charge on any atom is -0.294 e. The number of Topliss-reactive ketones (excluding diaryl/α,β-unsaturated/α-hetero) is 1. The summed E-state index contributed by atoms with van der Waals surface area (Å²) in [4.78, 5) is 12.3. The summed E-state index contributed by atoms with van der Waals surface area (Å²) in [6, 6.07) is 12.4. The van der Waals surface area contributed by atoms with Crippen LogP contribution in [0.15, 0.2) is 36.4 Å². The van der Waals surface area contributed by atoms with Crippen molar-refractivity contribution in [3.63, 3.8) is 0 Å². The molecule has 1 aliphatic rings. The number of hydrogen-bond donors (Lipinski definition) is 0. The van der Waals surface area contributed by atoms with Crippen LogP contribution in [0.3, 0.4) is 0 Å². The Hall–Kier alpha value is -1.63. The van der Waals surface area contributed by atoms with Gasteiger partial charge in [0.1, 0.15) is 0 Å². The first-order chi connectivity index (χ1) is 8.31. The Kier molecular flexibility index (Phi) is 2.47. The molecule has 0 aliphatic heterocycles. The van der Waals surface area contributed by atoms with E-state index in [1.807, 2.05) is 12.1 Å². The molecule has 0 bridgehead atoms. The number of rotatable bonds is 3. The largest absolute Gasteiger partial charge is 0.294 e. The van der Waals surface area contributed by atoms with Gasteiger partial charge in [-0.1, -0.05) is 43.3 Å². The Balaban J connectivity index is 2.25. The van der Waals surface area contributed by atoms with Crippen LogP contribution in [0.2, 0.25) is 0 Å². The monoisotopic (exact) mass is 224 g/mol. The van der Waals surface area contributed by atoms with E-state index in [-0.39, 0.29) is 0 Å². The smallest absolute Gasteiger partial charge is 0.166 e. The maximum absolute atomic E-state index is 12.3. The molecule has 1 fully saturated rings. The number of hydrogen-bond acceptors (Lipinski definition) is 1. The summed E-state index contributed by atoms with van der Waals surface area (Å²) in [6.07, 6.45) is 3.12. The second-order valence-corrected chi connectivity index (χ2v) is 4.81. The predicted octanol–water partition coefficient (Wildman–Crippen LogP) is 3.99. The predicted molar refractivity (Wildman–Crippen MR) is 70.4 cm³/mol. The molecular formula is C16H16O. The third-order valence-electron chi connectivity index (χ3n) is 3.59. The lowest BCUT2D eigenvalue weighted by atomic mass is 9.94.